The van der Waals surface area contributed by atoms with Crippen molar-refractivity contribution in [2.45, 2.75) is 33.0 Å². The van der Waals surface area contributed by atoms with E-state index in [0.29, 0.717) is 49.0 Å². The summed E-state index contributed by atoms with van der Waals surface area (Å²) in [5.74, 6) is -0.561. The zero-order valence-corrected chi connectivity index (χ0v) is 18.3. The predicted molar refractivity (Wildman–Crippen MR) is 118 cm³/mol. The molecule has 7 heteroatoms. The van der Waals surface area contributed by atoms with E-state index in [1.165, 1.54) is 4.90 Å². The fourth-order valence-electron chi connectivity index (χ4n) is 4.76. The van der Waals surface area contributed by atoms with Crippen molar-refractivity contribution in [1.29, 1.82) is 0 Å². The molecule has 166 valence electrons. The van der Waals surface area contributed by atoms with Crippen LogP contribution in [-0.4, -0.2) is 55.2 Å². The van der Waals surface area contributed by atoms with E-state index < -0.39 is 0 Å². The third-order valence-electron chi connectivity index (χ3n) is 6.60. The molecule has 0 aliphatic carbocycles. The van der Waals surface area contributed by atoms with Crippen LogP contribution in [0.5, 0.6) is 0 Å². The van der Waals surface area contributed by atoms with Gasteiger partial charge in [-0.15, -0.1) is 0 Å². The first-order valence-electron chi connectivity index (χ1n) is 11.1. The molecule has 0 saturated carbocycles. The number of nitrogens with zero attached hydrogens (tertiary/aromatic N) is 2. The maximum absolute atomic E-state index is 13.2. The standard InChI is InChI=1S/C25H26N2O5/c1-15-3-4-16(2)21(13-15)27-23(29)19-6-5-18(14-20(19)24(27)30)22(28)26-9-7-17(8-10-26)25-31-11-12-32-25/h3-6,13-14,17,25H,7-12H2,1-2H3. The van der Waals surface area contributed by atoms with Crippen LogP contribution in [0.2, 0.25) is 0 Å². The van der Waals surface area contributed by atoms with Crippen LogP contribution >= 0.6 is 0 Å². The fraction of sp³-hybridized carbons (Fsp3) is 0.400. The molecule has 32 heavy (non-hydrogen) atoms. The van der Waals surface area contributed by atoms with E-state index in [0.717, 1.165) is 24.0 Å². The van der Waals surface area contributed by atoms with Crippen LogP contribution in [0.25, 0.3) is 0 Å². The first-order valence-corrected chi connectivity index (χ1v) is 11.1. The summed E-state index contributed by atoms with van der Waals surface area (Å²) >= 11 is 0. The zero-order chi connectivity index (χ0) is 22.4. The summed E-state index contributed by atoms with van der Waals surface area (Å²) in [6, 6.07) is 10.5. The summed E-state index contributed by atoms with van der Waals surface area (Å²) in [5.41, 5.74) is 3.45. The van der Waals surface area contributed by atoms with E-state index in [4.69, 9.17) is 9.47 Å². The molecule has 3 amide bonds. The number of amides is 3. The van der Waals surface area contributed by atoms with Crippen molar-refractivity contribution in [3.05, 3.63) is 64.2 Å². The van der Waals surface area contributed by atoms with Crippen molar-refractivity contribution in [3.8, 4) is 0 Å². The third kappa shape index (κ3) is 3.51. The lowest BCUT2D eigenvalue weighted by atomic mass is 9.95. The van der Waals surface area contributed by atoms with Crippen LogP contribution in [0, 0.1) is 19.8 Å². The fourth-order valence-corrected chi connectivity index (χ4v) is 4.76. The van der Waals surface area contributed by atoms with Gasteiger partial charge in [-0.25, -0.2) is 4.90 Å². The predicted octanol–water partition coefficient (Wildman–Crippen LogP) is 3.33. The Labute approximate surface area is 186 Å². The number of imide groups is 1. The molecule has 5 rings (SSSR count). The average molecular weight is 434 g/mol. The quantitative estimate of drug-likeness (QED) is 0.693. The highest BCUT2D eigenvalue weighted by atomic mass is 16.7. The molecule has 2 fully saturated rings. The van der Waals surface area contributed by atoms with Gasteiger partial charge in [-0.05, 0) is 62.1 Å². The van der Waals surface area contributed by atoms with E-state index in [1.807, 2.05) is 32.0 Å². The number of carbonyl (C=O) groups is 3. The molecule has 0 spiro atoms. The molecule has 7 nitrogen and oxygen atoms in total. The first-order chi connectivity index (χ1) is 15.4. The number of benzene rings is 2. The van der Waals surface area contributed by atoms with Crippen molar-refractivity contribution < 1.29 is 23.9 Å². The van der Waals surface area contributed by atoms with Crippen LogP contribution in [-0.2, 0) is 9.47 Å². The van der Waals surface area contributed by atoms with Crippen molar-refractivity contribution >= 4 is 23.4 Å². The van der Waals surface area contributed by atoms with Gasteiger partial charge in [-0.3, -0.25) is 14.4 Å². The molecular formula is C25H26N2O5. The third-order valence-corrected chi connectivity index (χ3v) is 6.60. The number of ether oxygens (including phenoxy) is 2. The molecule has 2 aromatic carbocycles. The molecule has 2 saturated heterocycles. The Balaban J connectivity index is 1.34. The second-order valence-corrected chi connectivity index (χ2v) is 8.74. The van der Waals surface area contributed by atoms with Crippen LogP contribution in [0.15, 0.2) is 36.4 Å². The largest absolute Gasteiger partial charge is 0.350 e. The van der Waals surface area contributed by atoms with Gasteiger partial charge in [0.05, 0.1) is 30.0 Å². The number of hydrogen-bond acceptors (Lipinski definition) is 5. The number of likely N-dealkylation sites (tertiary alicyclic amines) is 1. The normalized spacial score (nSPS) is 19.7. The highest BCUT2D eigenvalue weighted by Crippen LogP contribution is 2.32. The van der Waals surface area contributed by atoms with Crippen molar-refractivity contribution in [2.75, 3.05) is 31.2 Å². The number of aryl methyl sites for hydroxylation is 2. The molecule has 3 aliphatic heterocycles. The summed E-state index contributed by atoms with van der Waals surface area (Å²) < 4.78 is 11.2. The molecule has 0 N–H and O–H groups in total. The molecule has 0 aromatic heterocycles. The second-order valence-electron chi connectivity index (χ2n) is 8.74. The lowest BCUT2D eigenvalue weighted by molar-refractivity contribution is -0.0956. The summed E-state index contributed by atoms with van der Waals surface area (Å²) in [6.45, 7) is 6.29. The Morgan fingerprint density at radius 2 is 1.59 bits per heavy atom. The molecule has 0 radical (unpaired) electrons. The van der Waals surface area contributed by atoms with Crippen LogP contribution in [0.3, 0.4) is 0 Å². The molecule has 0 atom stereocenters. The Morgan fingerprint density at radius 3 is 2.31 bits per heavy atom. The second kappa shape index (κ2) is 8.15. The van der Waals surface area contributed by atoms with E-state index in [2.05, 4.69) is 0 Å². The van der Waals surface area contributed by atoms with E-state index in [9.17, 15) is 14.4 Å². The minimum absolute atomic E-state index is 0.120. The Kier molecular flexibility index (Phi) is 5.31. The number of fused-ring (bicyclic) bond motifs is 1. The molecule has 2 aromatic rings. The van der Waals surface area contributed by atoms with Crippen LogP contribution in [0.1, 0.15) is 55.0 Å². The van der Waals surface area contributed by atoms with E-state index >= 15 is 0 Å². The van der Waals surface area contributed by atoms with Gasteiger partial charge < -0.3 is 14.4 Å². The van der Waals surface area contributed by atoms with E-state index in [1.54, 1.807) is 23.1 Å². The summed E-state index contributed by atoms with van der Waals surface area (Å²) in [5, 5.41) is 0. The zero-order valence-electron chi connectivity index (χ0n) is 18.3. The van der Waals surface area contributed by atoms with Gasteiger partial charge in [0.25, 0.3) is 17.7 Å². The SMILES string of the molecule is Cc1ccc(C)c(N2C(=O)c3ccc(C(=O)N4CCC(C5OCCO5)CC4)cc3C2=O)c1. The monoisotopic (exact) mass is 434 g/mol. The van der Waals surface area contributed by atoms with Gasteiger partial charge in [-0.1, -0.05) is 12.1 Å². The molecule has 0 bridgehead atoms. The molecule has 3 aliphatic rings. The van der Waals surface area contributed by atoms with Gasteiger partial charge in [0, 0.05) is 24.6 Å². The lowest BCUT2D eigenvalue weighted by Crippen LogP contribution is -2.41. The van der Waals surface area contributed by atoms with Gasteiger partial charge >= 0.3 is 0 Å². The van der Waals surface area contributed by atoms with Gasteiger partial charge in [0.15, 0.2) is 6.29 Å². The minimum Gasteiger partial charge on any atom is -0.350 e. The smallest absolute Gasteiger partial charge is 0.266 e. The lowest BCUT2D eigenvalue weighted by Gasteiger charge is -2.34. The van der Waals surface area contributed by atoms with Crippen LogP contribution < -0.4 is 4.90 Å². The number of rotatable bonds is 3. The van der Waals surface area contributed by atoms with Gasteiger partial charge in [-0.2, -0.15) is 0 Å². The topological polar surface area (TPSA) is 76.2 Å². The van der Waals surface area contributed by atoms with Gasteiger partial charge in [0.1, 0.15) is 0 Å². The summed E-state index contributed by atoms with van der Waals surface area (Å²) in [4.78, 5) is 42.3. The summed E-state index contributed by atoms with van der Waals surface area (Å²) in [7, 11) is 0. The average Bonchev–Trinajstić information content (AvgIpc) is 3.43. The first kappa shape index (κ1) is 20.8. The Morgan fingerprint density at radius 1 is 0.906 bits per heavy atom. The maximum atomic E-state index is 13.2. The molecule has 3 heterocycles. The van der Waals surface area contributed by atoms with Crippen molar-refractivity contribution in [1.82, 2.24) is 4.90 Å². The number of carbonyl (C=O) groups excluding carboxylic acids is 3. The van der Waals surface area contributed by atoms with Crippen molar-refractivity contribution in [3.63, 3.8) is 0 Å². The minimum atomic E-state index is -0.386. The number of anilines is 1. The number of piperidine rings is 1. The Bertz CT molecular complexity index is 1100. The van der Waals surface area contributed by atoms with Crippen molar-refractivity contribution in [2.24, 2.45) is 5.92 Å². The molecule has 0 unspecified atom stereocenters. The van der Waals surface area contributed by atoms with E-state index in [-0.39, 0.29) is 29.6 Å². The number of hydrogen-bond donors (Lipinski definition) is 0. The highest BCUT2D eigenvalue weighted by molar-refractivity contribution is 6.35. The summed E-state index contributed by atoms with van der Waals surface area (Å²) in [6.07, 6.45) is 1.48. The molecular weight excluding hydrogens is 408 g/mol. The highest BCUT2D eigenvalue weighted by Gasteiger charge is 2.38. The van der Waals surface area contributed by atoms with Crippen LogP contribution in [0.4, 0.5) is 5.69 Å². The van der Waals surface area contributed by atoms with Gasteiger partial charge in [0.2, 0.25) is 0 Å². The maximum Gasteiger partial charge on any atom is 0.266 e. The Hall–Kier alpha value is -3.03.